The fourth-order valence-corrected chi connectivity index (χ4v) is 2.89. The Morgan fingerprint density at radius 2 is 1.95 bits per heavy atom. The first-order valence-electron chi connectivity index (χ1n) is 6.56. The van der Waals surface area contributed by atoms with Crippen molar-refractivity contribution in [2.24, 2.45) is 0 Å². The van der Waals surface area contributed by atoms with Crippen LogP contribution in [0, 0.1) is 0 Å². The van der Waals surface area contributed by atoms with Gasteiger partial charge >= 0.3 is 0 Å². The van der Waals surface area contributed by atoms with Crippen LogP contribution in [0.4, 0.5) is 0 Å². The number of sulfonamides is 1. The molecule has 0 radical (unpaired) electrons. The number of benzene rings is 1. The van der Waals surface area contributed by atoms with E-state index >= 15 is 0 Å². The summed E-state index contributed by atoms with van der Waals surface area (Å²) in [6.07, 6.45) is 3.90. The van der Waals surface area contributed by atoms with Crippen LogP contribution in [-0.2, 0) is 16.4 Å². The summed E-state index contributed by atoms with van der Waals surface area (Å²) in [5.74, 6) is 0.388. The average Bonchev–Trinajstić information content (AvgIpc) is 2.92. The molecule has 0 fully saturated rings. The van der Waals surface area contributed by atoms with Crippen LogP contribution in [0.1, 0.15) is 31.0 Å². The lowest BCUT2D eigenvalue weighted by Gasteiger charge is -2.08. The third-order valence-electron chi connectivity index (χ3n) is 3.09. The molecule has 0 aliphatic rings. The predicted octanol–water partition coefficient (Wildman–Crippen LogP) is 2.05. The van der Waals surface area contributed by atoms with E-state index in [2.05, 4.69) is 28.5 Å². The number of H-pyrrole nitrogens is 1. The lowest BCUT2D eigenvalue weighted by atomic mass is 10.0. The molecule has 0 saturated heterocycles. The van der Waals surface area contributed by atoms with Crippen molar-refractivity contribution in [3.05, 3.63) is 48.0 Å². The van der Waals surface area contributed by atoms with Gasteiger partial charge in [0.1, 0.15) is 0 Å². The molecular weight excluding hydrogens is 274 g/mol. The highest BCUT2D eigenvalue weighted by Crippen LogP contribution is 2.17. The van der Waals surface area contributed by atoms with Crippen molar-refractivity contribution in [1.29, 1.82) is 0 Å². The molecule has 20 heavy (non-hydrogen) atoms. The predicted molar refractivity (Wildman–Crippen MR) is 78.0 cm³/mol. The Balaban J connectivity index is 1.99. The van der Waals surface area contributed by atoms with Gasteiger partial charge in [-0.05, 0) is 23.6 Å². The number of hydrogen-bond donors (Lipinski definition) is 2. The van der Waals surface area contributed by atoms with Crippen LogP contribution in [0.3, 0.4) is 0 Å². The van der Waals surface area contributed by atoms with Crippen molar-refractivity contribution >= 4 is 10.0 Å². The molecule has 0 atom stereocenters. The molecule has 1 aromatic carbocycles. The van der Waals surface area contributed by atoms with Gasteiger partial charge in [-0.2, -0.15) is 0 Å². The van der Waals surface area contributed by atoms with E-state index in [0.717, 1.165) is 11.3 Å². The summed E-state index contributed by atoms with van der Waals surface area (Å²) in [7, 11) is -3.44. The Labute approximate surface area is 119 Å². The molecule has 0 unspecified atom stereocenters. The monoisotopic (exact) mass is 293 g/mol. The second-order valence-corrected chi connectivity index (χ2v) is 6.70. The Kier molecular flexibility index (Phi) is 4.57. The van der Waals surface area contributed by atoms with Crippen molar-refractivity contribution in [3.8, 4) is 0 Å². The summed E-state index contributed by atoms with van der Waals surface area (Å²) in [5, 5.41) is 0. The highest BCUT2D eigenvalue weighted by Gasteiger charge is 2.13. The van der Waals surface area contributed by atoms with Crippen molar-refractivity contribution < 1.29 is 8.42 Å². The minimum absolute atomic E-state index is 0.295. The molecule has 6 heteroatoms. The van der Waals surface area contributed by atoms with Gasteiger partial charge in [0.2, 0.25) is 10.0 Å². The second kappa shape index (κ2) is 6.19. The normalized spacial score (nSPS) is 11.9. The zero-order chi connectivity index (χ0) is 14.6. The molecule has 5 nitrogen and oxygen atoms in total. The van der Waals surface area contributed by atoms with Crippen LogP contribution in [0.25, 0.3) is 0 Å². The van der Waals surface area contributed by atoms with Crippen LogP contribution in [0.5, 0.6) is 0 Å². The molecule has 0 bridgehead atoms. The first-order valence-corrected chi connectivity index (χ1v) is 8.04. The average molecular weight is 293 g/mol. The van der Waals surface area contributed by atoms with Crippen molar-refractivity contribution in [1.82, 2.24) is 14.7 Å². The van der Waals surface area contributed by atoms with Crippen LogP contribution >= 0.6 is 0 Å². The number of aromatic amines is 1. The SMILES string of the molecule is CC(C)c1ccc(S(=O)(=O)NCCc2c[nH]cn2)cc1. The van der Waals surface area contributed by atoms with E-state index in [1.165, 1.54) is 0 Å². The van der Waals surface area contributed by atoms with Crippen LogP contribution in [-0.4, -0.2) is 24.9 Å². The van der Waals surface area contributed by atoms with E-state index in [-0.39, 0.29) is 0 Å². The summed E-state index contributed by atoms with van der Waals surface area (Å²) in [4.78, 5) is 7.18. The Hall–Kier alpha value is -1.66. The number of aromatic nitrogens is 2. The number of nitrogens with zero attached hydrogens (tertiary/aromatic N) is 1. The van der Waals surface area contributed by atoms with E-state index in [1.807, 2.05) is 12.1 Å². The fourth-order valence-electron chi connectivity index (χ4n) is 1.86. The number of nitrogens with one attached hydrogen (secondary N) is 2. The van der Waals surface area contributed by atoms with E-state index in [4.69, 9.17) is 0 Å². The summed E-state index contributed by atoms with van der Waals surface area (Å²) in [6, 6.07) is 7.00. The molecule has 0 amide bonds. The lowest BCUT2D eigenvalue weighted by molar-refractivity contribution is 0.581. The summed E-state index contributed by atoms with van der Waals surface area (Å²) in [5.41, 5.74) is 1.96. The van der Waals surface area contributed by atoms with E-state index in [0.29, 0.717) is 23.8 Å². The highest BCUT2D eigenvalue weighted by atomic mass is 32.2. The Morgan fingerprint density at radius 3 is 2.50 bits per heavy atom. The summed E-state index contributed by atoms with van der Waals surface area (Å²) >= 11 is 0. The summed E-state index contributed by atoms with van der Waals surface area (Å²) < 4.78 is 26.8. The molecule has 0 saturated carbocycles. The van der Waals surface area contributed by atoms with Crippen molar-refractivity contribution in [3.63, 3.8) is 0 Å². The minimum atomic E-state index is -3.44. The van der Waals surface area contributed by atoms with Gasteiger partial charge in [-0.15, -0.1) is 0 Å². The third-order valence-corrected chi connectivity index (χ3v) is 4.56. The van der Waals surface area contributed by atoms with Crippen molar-refractivity contribution in [2.45, 2.75) is 31.1 Å². The van der Waals surface area contributed by atoms with Gasteiger partial charge in [-0.1, -0.05) is 26.0 Å². The zero-order valence-corrected chi connectivity index (χ0v) is 12.4. The van der Waals surface area contributed by atoms with Gasteiger partial charge in [0.05, 0.1) is 16.9 Å². The Bertz CT molecular complexity index is 632. The highest BCUT2D eigenvalue weighted by molar-refractivity contribution is 7.89. The fraction of sp³-hybridized carbons (Fsp3) is 0.357. The summed E-state index contributed by atoms with van der Waals surface area (Å²) in [6.45, 7) is 4.48. The van der Waals surface area contributed by atoms with Gasteiger partial charge < -0.3 is 4.98 Å². The molecule has 2 rings (SSSR count). The molecule has 108 valence electrons. The molecule has 2 N–H and O–H groups in total. The van der Waals surface area contributed by atoms with Gasteiger partial charge in [-0.3, -0.25) is 0 Å². The molecule has 1 heterocycles. The Morgan fingerprint density at radius 1 is 1.25 bits per heavy atom. The smallest absolute Gasteiger partial charge is 0.240 e. The number of rotatable bonds is 6. The van der Waals surface area contributed by atoms with Crippen molar-refractivity contribution in [2.75, 3.05) is 6.54 Å². The van der Waals surface area contributed by atoms with Crippen LogP contribution in [0.15, 0.2) is 41.7 Å². The molecule has 0 spiro atoms. The molecule has 0 aliphatic heterocycles. The molecular formula is C14H19N3O2S. The van der Waals surface area contributed by atoms with E-state index < -0.39 is 10.0 Å². The quantitative estimate of drug-likeness (QED) is 0.856. The van der Waals surface area contributed by atoms with Crippen LogP contribution < -0.4 is 4.72 Å². The standard InChI is InChI=1S/C14H19N3O2S/c1-11(2)12-3-5-14(6-4-12)20(18,19)17-8-7-13-9-15-10-16-13/h3-6,9-11,17H,7-8H2,1-2H3,(H,15,16). The largest absolute Gasteiger partial charge is 0.351 e. The minimum Gasteiger partial charge on any atom is -0.351 e. The molecule has 1 aromatic heterocycles. The first kappa shape index (κ1) is 14.7. The topological polar surface area (TPSA) is 74.8 Å². The maximum absolute atomic E-state index is 12.1. The molecule has 2 aromatic rings. The number of hydrogen-bond acceptors (Lipinski definition) is 3. The first-order chi connectivity index (χ1) is 9.49. The van der Waals surface area contributed by atoms with E-state index in [9.17, 15) is 8.42 Å². The number of imidazole rings is 1. The second-order valence-electron chi connectivity index (χ2n) is 4.93. The van der Waals surface area contributed by atoms with Gasteiger partial charge in [-0.25, -0.2) is 18.1 Å². The maximum atomic E-state index is 12.1. The molecule has 0 aliphatic carbocycles. The van der Waals surface area contributed by atoms with Crippen LogP contribution in [0.2, 0.25) is 0 Å². The maximum Gasteiger partial charge on any atom is 0.240 e. The van der Waals surface area contributed by atoms with Gasteiger partial charge in [0.15, 0.2) is 0 Å². The third kappa shape index (κ3) is 3.68. The van der Waals surface area contributed by atoms with E-state index in [1.54, 1.807) is 24.7 Å². The lowest BCUT2D eigenvalue weighted by Crippen LogP contribution is -2.26. The zero-order valence-electron chi connectivity index (χ0n) is 11.6. The van der Waals surface area contributed by atoms with Gasteiger partial charge in [0, 0.05) is 19.2 Å². The van der Waals surface area contributed by atoms with Gasteiger partial charge in [0.25, 0.3) is 0 Å².